The van der Waals surface area contributed by atoms with Crippen LogP contribution in [0.15, 0.2) is 0 Å². The van der Waals surface area contributed by atoms with Gasteiger partial charge in [0.05, 0.1) is 6.10 Å². The molecule has 2 saturated heterocycles. The molecule has 74 valence electrons. The van der Waals surface area contributed by atoms with Crippen molar-refractivity contribution in [3.8, 4) is 0 Å². The summed E-state index contributed by atoms with van der Waals surface area (Å²) in [6.07, 6.45) is 1.39. The number of hydrogen-bond acceptors (Lipinski definition) is 3. The van der Waals surface area contributed by atoms with Crippen molar-refractivity contribution >= 4 is 5.91 Å². The summed E-state index contributed by atoms with van der Waals surface area (Å²) < 4.78 is 0. The van der Waals surface area contributed by atoms with Crippen molar-refractivity contribution in [2.75, 3.05) is 26.2 Å². The normalized spacial score (nSPS) is 35.3. The first-order valence-corrected chi connectivity index (χ1v) is 4.91. The Bertz CT molecular complexity index is 208. The number of carbonyl (C=O) groups is 1. The Morgan fingerprint density at radius 3 is 3.00 bits per heavy atom. The molecule has 0 aromatic rings. The second-order valence-electron chi connectivity index (χ2n) is 4.08. The summed E-state index contributed by atoms with van der Waals surface area (Å²) in [5.41, 5.74) is 0. The van der Waals surface area contributed by atoms with Gasteiger partial charge in [-0.3, -0.25) is 4.79 Å². The lowest BCUT2D eigenvalue weighted by Gasteiger charge is -2.18. The lowest BCUT2D eigenvalue weighted by Crippen LogP contribution is -2.29. The first kappa shape index (κ1) is 8.97. The number of aliphatic hydroxyl groups excluding tert-OH is 1. The van der Waals surface area contributed by atoms with E-state index in [1.807, 2.05) is 0 Å². The van der Waals surface area contributed by atoms with E-state index in [4.69, 9.17) is 0 Å². The summed E-state index contributed by atoms with van der Waals surface area (Å²) >= 11 is 0. The van der Waals surface area contributed by atoms with Crippen molar-refractivity contribution in [1.82, 2.24) is 10.2 Å². The number of nitrogens with zero attached hydrogens (tertiary/aromatic N) is 1. The maximum Gasteiger partial charge on any atom is 0.220 e. The molecule has 0 aliphatic carbocycles. The topological polar surface area (TPSA) is 52.6 Å². The standard InChI is InChI=1S/C9H16N2O2/c12-8-1-2-11(6-8)5-7-3-9(13)10-4-7/h7-8,12H,1-6H2,(H,10,13). The second-order valence-corrected chi connectivity index (χ2v) is 4.08. The fourth-order valence-corrected chi connectivity index (χ4v) is 2.14. The molecule has 2 fully saturated rings. The number of aliphatic hydroxyl groups is 1. The second kappa shape index (κ2) is 3.64. The molecule has 0 saturated carbocycles. The largest absolute Gasteiger partial charge is 0.392 e. The van der Waals surface area contributed by atoms with E-state index in [1.54, 1.807) is 0 Å². The van der Waals surface area contributed by atoms with Gasteiger partial charge in [-0.05, 0) is 12.3 Å². The van der Waals surface area contributed by atoms with Gasteiger partial charge in [-0.15, -0.1) is 0 Å². The predicted molar refractivity (Wildman–Crippen MR) is 48.2 cm³/mol. The minimum Gasteiger partial charge on any atom is -0.392 e. The Hall–Kier alpha value is -0.610. The zero-order valence-corrected chi connectivity index (χ0v) is 7.70. The molecule has 0 aromatic heterocycles. The van der Waals surface area contributed by atoms with Crippen LogP contribution in [0.25, 0.3) is 0 Å². The van der Waals surface area contributed by atoms with Gasteiger partial charge in [0.2, 0.25) is 5.91 Å². The quantitative estimate of drug-likeness (QED) is 0.590. The summed E-state index contributed by atoms with van der Waals surface area (Å²) in [4.78, 5) is 13.2. The van der Waals surface area contributed by atoms with Gasteiger partial charge in [-0.2, -0.15) is 0 Å². The fraction of sp³-hybridized carbons (Fsp3) is 0.889. The van der Waals surface area contributed by atoms with E-state index in [0.717, 1.165) is 32.6 Å². The number of rotatable bonds is 2. The number of likely N-dealkylation sites (tertiary alicyclic amines) is 1. The minimum atomic E-state index is -0.148. The van der Waals surface area contributed by atoms with Crippen LogP contribution in [0.1, 0.15) is 12.8 Å². The molecule has 2 atom stereocenters. The van der Waals surface area contributed by atoms with Crippen molar-refractivity contribution in [2.24, 2.45) is 5.92 Å². The molecule has 0 spiro atoms. The monoisotopic (exact) mass is 184 g/mol. The highest BCUT2D eigenvalue weighted by molar-refractivity contribution is 5.78. The molecule has 2 heterocycles. The molecule has 2 rings (SSSR count). The van der Waals surface area contributed by atoms with Crippen LogP contribution in [-0.4, -0.2) is 48.2 Å². The summed E-state index contributed by atoms with van der Waals surface area (Å²) in [5, 5.41) is 12.1. The third-order valence-corrected chi connectivity index (χ3v) is 2.83. The predicted octanol–water partition coefficient (Wildman–Crippen LogP) is -0.811. The van der Waals surface area contributed by atoms with E-state index in [2.05, 4.69) is 10.2 Å². The van der Waals surface area contributed by atoms with Crippen LogP contribution in [0, 0.1) is 5.92 Å². The maximum absolute atomic E-state index is 10.9. The van der Waals surface area contributed by atoms with Gasteiger partial charge in [-0.25, -0.2) is 0 Å². The molecule has 0 bridgehead atoms. The molecule has 4 heteroatoms. The highest BCUT2D eigenvalue weighted by Gasteiger charge is 2.27. The molecule has 13 heavy (non-hydrogen) atoms. The van der Waals surface area contributed by atoms with Crippen LogP contribution in [0.2, 0.25) is 0 Å². The van der Waals surface area contributed by atoms with Crippen molar-refractivity contribution in [2.45, 2.75) is 18.9 Å². The van der Waals surface area contributed by atoms with Gasteiger partial charge >= 0.3 is 0 Å². The van der Waals surface area contributed by atoms with Gasteiger partial charge in [0.15, 0.2) is 0 Å². The molecule has 2 aliphatic rings. The average molecular weight is 184 g/mol. The van der Waals surface area contributed by atoms with Crippen molar-refractivity contribution in [3.05, 3.63) is 0 Å². The summed E-state index contributed by atoms with van der Waals surface area (Å²) in [7, 11) is 0. The van der Waals surface area contributed by atoms with E-state index in [1.165, 1.54) is 0 Å². The number of carbonyl (C=O) groups excluding carboxylic acids is 1. The van der Waals surface area contributed by atoms with Crippen LogP contribution < -0.4 is 5.32 Å². The van der Waals surface area contributed by atoms with Gasteiger partial charge < -0.3 is 15.3 Å². The first-order valence-electron chi connectivity index (χ1n) is 4.91. The molecule has 0 aromatic carbocycles. The Morgan fingerprint density at radius 2 is 2.46 bits per heavy atom. The maximum atomic E-state index is 10.9. The van der Waals surface area contributed by atoms with E-state index in [-0.39, 0.29) is 12.0 Å². The van der Waals surface area contributed by atoms with Gasteiger partial charge in [0.25, 0.3) is 0 Å². The average Bonchev–Trinajstić information content (AvgIpc) is 2.62. The Labute approximate surface area is 77.9 Å². The first-order chi connectivity index (χ1) is 6.24. The lowest BCUT2D eigenvalue weighted by atomic mass is 10.1. The van der Waals surface area contributed by atoms with E-state index in [9.17, 15) is 9.90 Å². The number of β-amino-alcohol motifs (C(OH)–C–C–N with tert-alkyl or cyclic N) is 1. The number of nitrogens with one attached hydrogen (secondary N) is 1. The molecule has 2 N–H and O–H groups in total. The molecule has 4 nitrogen and oxygen atoms in total. The van der Waals surface area contributed by atoms with Crippen molar-refractivity contribution in [1.29, 1.82) is 0 Å². The Balaban J connectivity index is 1.75. The zero-order valence-electron chi connectivity index (χ0n) is 7.70. The molecule has 1 amide bonds. The Morgan fingerprint density at radius 1 is 1.62 bits per heavy atom. The lowest BCUT2D eigenvalue weighted by molar-refractivity contribution is -0.119. The molecular formula is C9H16N2O2. The summed E-state index contributed by atoms with van der Waals surface area (Å²) in [6, 6.07) is 0. The highest BCUT2D eigenvalue weighted by Crippen LogP contribution is 2.15. The summed E-state index contributed by atoms with van der Waals surface area (Å²) in [6.45, 7) is 3.53. The van der Waals surface area contributed by atoms with E-state index < -0.39 is 0 Å². The van der Waals surface area contributed by atoms with Crippen LogP contribution >= 0.6 is 0 Å². The third kappa shape index (κ3) is 2.19. The third-order valence-electron chi connectivity index (χ3n) is 2.83. The van der Waals surface area contributed by atoms with Crippen molar-refractivity contribution < 1.29 is 9.90 Å². The van der Waals surface area contributed by atoms with Crippen LogP contribution in [0.3, 0.4) is 0 Å². The van der Waals surface area contributed by atoms with Crippen LogP contribution in [0.4, 0.5) is 0 Å². The SMILES string of the molecule is O=C1CC(CN2CCC(O)C2)CN1. The molecule has 2 aliphatic heterocycles. The van der Waals surface area contributed by atoms with Gasteiger partial charge in [-0.1, -0.05) is 0 Å². The summed E-state index contributed by atoms with van der Waals surface area (Å²) in [5.74, 6) is 0.627. The molecular weight excluding hydrogens is 168 g/mol. The minimum absolute atomic E-state index is 0.148. The highest BCUT2D eigenvalue weighted by atomic mass is 16.3. The molecule has 0 radical (unpaired) electrons. The number of amides is 1. The van der Waals surface area contributed by atoms with Crippen LogP contribution in [-0.2, 0) is 4.79 Å². The molecule has 2 unspecified atom stereocenters. The fourth-order valence-electron chi connectivity index (χ4n) is 2.14. The van der Waals surface area contributed by atoms with E-state index in [0.29, 0.717) is 12.3 Å². The van der Waals surface area contributed by atoms with Crippen LogP contribution in [0.5, 0.6) is 0 Å². The van der Waals surface area contributed by atoms with Gasteiger partial charge in [0.1, 0.15) is 0 Å². The Kier molecular flexibility index (Phi) is 2.51. The van der Waals surface area contributed by atoms with E-state index >= 15 is 0 Å². The van der Waals surface area contributed by atoms with Crippen molar-refractivity contribution in [3.63, 3.8) is 0 Å². The number of hydrogen-bond donors (Lipinski definition) is 2. The zero-order chi connectivity index (χ0) is 9.26. The smallest absolute Gasteiger partial charge is 0.220 e. The van der Waals surface area contributed by atoms with Gasteiger partial charge in [0, 0.05) is 32.6 Å².